The molecule has 0 aliphatic heterocycles. The normalized spacial score (nSPS) is 10.6. The molecule has 2 N–H and O–H groups in total. The molecule has 1 aromatic rings. The van der Waals surface area contributed by atoms with Gasteiger partial charge in [-0.25, -0.2) is 0 Å². The third-order valence-corrected chi connectivity index (χ3v) is 1.66. The highest BCUT2D eigenvalue weighted by Gasteiger charge is 1.99. The van der Waals surface area contributed by atoms with E-state index in [-0.39, 0.29) is 13.3 Å². The zero-order chi connectivity index (χ0) is 9.52. The number of alkyl halides is 1. The third-order valence-electron chi connectivity index (χ3n) is 1.66. The first-order chi connectivity index (χ1) is 6.36. The number of rotatable bonds is 6. The predicted molar refractivity (Wildman–Crippen MR) is 46.9 cm³/mol. The van der Waals surface area contributed by atoms with E-state index in [1.165, 1.54) is 0 Å². The molecule has 0 saturated carbocycles. The van der Waals surface area contributed by atoms with E-state index in [2.05, 4.69) is 5.32 Å². The Balaban J connectivity index is 2.20. The first-order valence-electron chi connectivity index (χ1n) is 4.32. The van der Waals surface area contributed by atoms with Crippen molar-refractivity contribution in [2.24, 2.45) is 0 Å². The van der Waals surface area contributed by atoms with Gasteiger partial charge in [0.05, 0.1) is 13.2 Å². The number of hydrogen-bond acceptors (Lipinski definition) is 3. The number of halogens is 1. The van der Waals surface area contributed by atoms with E-state index in [9.17, 15) is 4.39 Å². The zero-order valence-corrected chi connectivity index (χ0v) is 7.42. The van der Waals surface area contributed by atoms with Gasteiger partial charge in [-0.15, -0.1) is 0 Å². The molecule has 0 aromatic carbocycles. The van der Waals surface area contributed by atoms with Gasteiger partial charge in [0, 0.05) is 0 Å². The fourth-order valence-electron chi connectivity index (χ4n) is 1.01. The summed E-state index contributed by atoms with van der Waals surface area (Å²) in [5.74, 6) is 1.32. The van der Waals surface area contributed by atoms with Gasteiger partial charge in [-0.1, -0.05) is 0 Å². The molecule has 3 nitrogen and oxygen atoms in total. The van der Waals surface area contributed by atoms with E-state index < -0.39 is 0 Å². The summed E-state index contributed by atoms with van der Waals surface area (Å²) in [6.45, 7) is 0.850. The molecule has 1 aromatic heterocycles. The molecule has 0 bridgehead atoms. The van der Waals surface area contributed by atoms with Crippen LogP contribution in [0.1, 0.15) is 17.9 Å². The molecule has 0 unspecified atom stereocenters. The van der Waals surface area contributed by atoms with E-state index >= 15 is 0 Å². The van der Waals surface area contributed by atoms with Crippen molar-refractivity contribution in [1.82, 2.24) is 5.32 Å². The Morgan fingerprint density at radius 3 is 2.77 bits per heavy atom. The quantitative estimate of drug-likeness (QED) is 0.658. The topological polar surface area (TPSA) is 45.4 Å². The van der Waals surface area contributed by atoms with Gasteiger partial charge in [-0.3, -0.25) is 4.39 Å². The smallest absolute Gasteiger partial charge is 0.129 e. The van der Waals surface area contributed by atoms with Crippen LogP contribution in [0.5, 0.6) is 0 Å². The van der Waals surface area contributed by atoms with Crippen LogP contribution in [0.2, 0.25) is 0 Å². The van der Waals surface area contributed by atoms with Gasteiger partial charge in [0.15, 0.2) is 0 Å². The lowest BCUT2D eigenvalue weighted by Gasteiger charge is -1.99. The van der Waals surface area contributed by atoms with Crippen LogP contribution in [-0.4, -0.2) is 18.3 Å². The summed E-state index contributed by atoms with van der Waals surface area (Å²) >= 11 is 0. The third kappa shape index (κ3) is 3.57. The van der Waals surface area contributed by atoms with E-state index in [0.29, 0.717) is 25.3 Å². The highest BCUT2D eigenvalue weighted by atomic mass is 19.1. The minimum absolute atomic E-state index is 0.0789. The molecule has 0 atom stereocenters. The molecular weight excluding hydrogens is 173 g/mol. The van der Waals surface area contributed by atoms with Gasteiger partial charge in [-0.2, -0.15) is 0 Å². The lowest BCUT2D eigenvalue weighted by atomic mass is 10.4. The summed E-state index contributed by atoms with van der Waals surface area (Å²) in [6.07, 6.45) is 0.521. The average molecular weight is 187 g/mol. The van der Waals surface area contributed by atoms with Crippen molar-refractivity contribution in [1.29, 1.82) is 0 Å². The van der Waals surface area contributed by atoms with Gasteiger partial charge in [0.1, 0.15) is 18.1 Å². The Bertz CT molecular complexity index is 237. The standard InChI is InChI=1S/C9H14FNO2/c10-4-1-5-11-6-8-2-3-9(7-12)13-8/h2-3,11-12H,1,4-7H2. The predicted octanol–water partition coefficient (Wildman–Crippen LogP) is 1.22. The van der Waals surface area contributed by atoms with E-state index in [1.807, 2.05) is 0 Å². The fourth-order valence-corrected chi connectivity index (χ4v) is 1.01. The van der Waals surface area contributed by atoms with Crippen LogP contribution < -0.4 is 5.32 Å². The minimum atomic E-state index is -0.299. The van der Waals surface area contributed by atoms with Crippen LogP contribution in [0.4, 0.5) is 4.39 Å². The van der Waals surface area contributed by atoms with Gasteiger partial charge < -0.3 is 14.8 Å². The molecule has 0 aliphatic rings. The summed E-state index contributed by atoms with van der Waals surface area (Å²) < 4.78 is 16.9. The first-order valence-corrected chi connectivity index (χ1v) is 4.32. The summed E-state index contributed by atoms with van der Waals surface area (Å²) in [5.41, 5.74) is 0. The van der Waals surface area contributed by atoms with Gasteiger partial charge >= 0.3 is 0 Å². The maximum atomic E-state index is 11.7. The molecule has 0 aliphatic carbocycles. The minimum Gasteiger partial charge on any atom is -0.462 e. The second-order valence-electron chi connectivity index (χ2n) is 2.75. The van der Waals surface area contributed by atoms with Crippen molar-refractivity contribution < 1.29 is 13.9 Å². The molecule has 1 rings (SSSR count). The van der Waals surface area contributed by atoms with Crippen LogP contribution in [0, 0.1) is 0 Å². The summed E-state index contributed by atoms with van der Waals surface area (Å²) in [5, 5.41) is 11.7. The van der Waals surface area contributed by atoms with Crippen LogP contribution >= 0.6 is 0 Å². The second-order valence-corrected chi connectivity index (χ2v) is 2.75. The SMILES string of the molecule is OCc1ccc(CNCCCF)o1. The number of aliphatic hydroxyl groups is 1. The number of nitrogens with one attached hydrogen (secondary N) is 1. The maximum Gasteiger partial charge on any atom is 0.129 e. The molecule has 0 fully saturated rings. The van der Waals surface area contributed by atoms with Gasteiger partial charge in [0.25, 0.3) is 0 Å². The lowest BCUT2D eigenvalue weighted by Crippen LogP contribution is -2.14. The molecule has 13 heavy (non-hydrogen) atoms. The Morgan fingerprint density at radius 1 is 1.38 bits per heavy atom. The highest BCUT2D eigenvalue weighted by Crippen LogP contribution is 2.06. The molecule has 0 amide bonds. The highest BCUT2D eigenvalue weighted by molar-refractivity contribution is 5.05. The van der Waals surface area contributed by atoms with E-state index in [0.717, 1.165) is 5.76 Å². The van der Waals surface area contributed by atoms with Crippen LogP contribution in [-0.2, 0) is 13.2 Å². The van der Waals surface area contributed by atoms with E-state index in [1.54, 1.807) is 12.1 Å². The zero-order valence-electron chi connectivity index (χ0n) is 7.42. The van der Waals surface area contributed by atoms with Crippen LogP contribution in [0.3, 0.4) is 0 Å². The second kappa shape index (κ2) is 5.72. The molecule has 4 heteroatoms. The van der Waals surface area contributed by atoms with Crippen molar-refractivity contribution >= 4 is 0 Å². The van der Waals surface area contributed by atoms with Gasteiger partial charge in [0.2, 0.25) is 0 Å². The average Bonchev–Trinajstić information content (AvgIpc) is 2.60. The first kappa shape index (κ1) is 10.2. The van der Waals surface area contributed by atoms with Crippen molar-refractivity contribution in [2.45, 2.75) is 19.6 Å². The molecule has 74 valence electrons. The van der Waals surface area contributed by atoms with Crippen molar-refractivity contribution in [3.8, 4) is 0 Å². The number of hydrogen-bond donors (Lipinski definition) is 2. The summed E-state index contributed by atoms with van der Waals surface area (Å²) in [7, 11) is 0. The van der Waals surface area contributed by atoms with Crippen LogP contribution in [0.15, 0.2) is 16.5 Å². The molecule has 0 spiro atoms. The molecule has 1 heterocycles. The largest absolute Gasteiger partial charge is 0.462 e. The van der Waals surface area contributed by atoms with Crippen LogP contribution in [0.25, 0.3) is 0 Å². The number of aliphatic hydroxyl groups excluding tert-OH is 1. The lowest BCUT2D eigenvalue weighted by molar-refractivity contribution is 0.242. The number of furan rings is 1. The molecule has 0 radical (unpaired) electrons. The maximum absolute atomic E-state index is 11.7. The fraction of sp³-hybridized carbons (Fsp3) is 0.556. The van der Waals surface area contributed by atoms with Crippen molar-refractivity contribution in [3.05, 3.63) is 23.7 Å². The Kier molecular flexibility index (Phi) is 4.49. The molecule has 0 saturated heterocycles. The van der Waals surface area contributed by atoms with E-state index in [4.69, 9.17) is 9.52 Å². The van der Waals surface area contributed by atoms with Gasteiger partial charge in [-0.05, 0) is 25.1 Å². The van der Waals surface area contributed by atoms with Crippen molar-refractivity contribution in [2.75, 3.05) is 13.2 Å². The Morgan fingerprint density at radius 2 is 2.15 bits per heavy atom. The Hall–Kier alpha value is -0.870. The van der Waals surface area contributed by atoms with Crippen molar-refractivity contribution in [3.63, 3.8) is 0 Å². The summed E-state index contributed by atoms with van der Waals surface area (Å²) in [4.78, 5) is 0. The Labute approximate surface area is 76.6 Å². The molecular formula is C9H14FNO2. The monoisotopic (exact) mass is 187 g/mol. The summed E-state index contributed by atoms with van der Waals surface area (Å²) in [6, 6.07) is 3.53.